The molecule has 0 saturated heterocycles. The summed E-state index contributed by atoms with van der Waals surface area (Å²) < 4.78 is 5.03. The zero-order valence-corrected chi connectivity index (χ0v) is 21.2. The molecule has 0 saturated carbocycles. The van der Waals surface area contributed by atoms with Crippen LogP contribution in [0.5, 0.6) is 0 Å². The summed E-state index contributed by atoms with van der Waals surface area (Å²) in [6.45, 7) is 2.11. The van der Waals surface area contributed by atoms with E-state index in [1.807, 2.05) is 48.5 Å². The number of allylic oxidation sites excluding steroid dienone is 1. The van der Waals surface area contributed by atoms with E-state index in [4.69, 9.17) is 32.9 Å². The molecule has 0 aliphatic carbocycles. The highest BCUT2D eigenvalue weighted by Gasteiger charge is 2.48. The number of amidine groups is 1. The predicted octanol–water partition coefficient (Wildman–Crippen LogP) is 7.08. The van der Waals surface area contributed by atoms with E-state index in [1.54, 1.807) is 6.92 Å². The molecule has 30 heavy (non-hydrogen) atoms. The molecule has 0 bridgehead atoms. The first kappa shape index (κ1) is 22.2. The monoisotopic (exact) mass is 588 g/mol. The number of halogens is 4. The Labute approximate surface area is 205 Å². The molecule has 0 unspecified atom stereocenters. The minimum Gasteiger partial charge on any atom is -0.462 e. The van der Waals surface area contributed by atoms with Crippen molar-refractivity contribution in [2.24, 2.45) is 4.99 Å². The van der Waals surface area contributed by atoms with Gasteiger partial charge in [0.05, 0.1) is 18.3 Å². The van der Waals surface area contributed by atoms with Gasteiger partial charge in [-0.15, -0.1) is 0 Å². The number of fused-ring (bicyclic) bond motifs is 1. The fourth-order valence-electron chi connectivity index (χ4n) is 3.55. The van der Waals surface area contributed by atoms with E-state index >= 15 is 0 Å². The van der Waals surface area contributed by atoms with Crippen molar-refractivity contribution in [2.75, 3.05) is 6.61 Å². The minimum absolute atomic E-state index is 0.148. The molecule has 0 fully saturated rings. The van der Waals surface area contributed by atoms with E-state index in [2.05, 4.69) is 36.8 Å². The number of nitrogens with zero attached hydrogens (tertiary/aromatic N) is 2. The quantitative estimate of drug-likeness (QED) is 0.276. The Balaban J connectivity index is 1.83. The van der Waals surface area contributed by atoms with Gasteiger partial charge in [0.1, 0.15) is 14.7 Å². The Hall–Kier alpha value is -0.990. The van der Waals surface area contributed by atoms with Crippen LogP contribution in [-0.4, -0.2) is 26.4 Å². The number of rotatable bonds is 5. The summed E-state index contributed by atoms with van der Waals surface area (Å²) in [7, 11) is 0. The number of carbonyl (C=O) groups excluding carboxylic acids is 1. The zero-order chi connectivity index (χ0) is 21.4. The van der Waals surface area contributed by atoms with E-state index in [0.29, 0.717) is 21.6 Å². The third kappa shape index (κ3) is 4.19. The number of aliphatic imine (C=N–C) groups is 1. The largest absolute Gasteiger partial charge is 0.462 e. The zero-order valence-electron chi connectivity index (χ0n) is 15.7. The third-order valence-corrected chi connectivity index (χ3v) is 7.24. The molecule has 0 radical (unpaired) electrons. The van der Waals surface area contributed by atoms with Crippen LogP contribution in [0.2, 0.25) is 10.0 Å². The number of esters is 1. The summed E-state index contributed by atoms with van der Waals surface area (Å²) in [5.74, 6) is -0.351. The first-order chi connectivity index (χ1) is 14.4. The van der Waals surface area contributed by atoms with Crippen molar-refractivity contribution in [3.8, 4) is 0 Å². The highest BCUT2D eigenvalue weighted by Crippen LogP contribution is 2.54. The third-order valence-electron chi connectivity index (χ3n) is 4.81. The van der Waals surface area contributed by atoms with Crippen molar-refractivity contribution >= 4 is 78.0 Å². The lowest BCUT2D eigenvalue weighted by Gasteiger charge is -2.30. The number of hydrogen-bond donors (Lipinski definition) is 0. The Bertz CT molecular complexity index is 1030. The smallest absolute Gasteiger partial charge is 0.346 e. The van der Waals surface area contributed by atoms with Crippen LogP contribution >= 0.6 is 66.8 Å². The second-order valence-electron chi connectivity index (χ2n) is 6.61. The average molecular weight is 591 g/mol. The maximum Gasteiger partial charge on any atom is 0.346 e. The van der Waals surface area contributed by atoms with Gasteiger partial charge in [-0.25, -0.2) is 4.79 Å². The van der Waals surface area contributed by atoms with Gasteiger partial charge in [-0.3, -0.25) is 4.99 Å². The summed E-state index contributed by atoms with van der Waals surface area (Å²) in [6.07, 6.45) is 0. The SMILES string of the molecule is CCOC(=O)C1=C(C(Br)Br)N2C(=N[C@@H](c3ccc(Cl)cc3)[C@H]2c2ccc(Cl)cc2)S1. The molecule has 2 aliphatic rings. The summed E-state index contributed by atoms with van der Waals surface area (Å²) in [4.78, 5) is 20.2. The molecule has 0 amide bonds. The lowest BCUT2D eigenvalue weighted by Crippen LogP contribution is -2.29. The van der Waals surface area contributed by atoms with E-state index in [1.165, 1.54) is 11.8 Å². The first-order valence-corrected chi connectivity index (χ1v) is 12.6. The number of alkyl halides is 2. The van der Waals surface area contributed by atoms with Crippen LogP contribution in [0, 0.1) is 0 Å². The number of ether oxygens (including phenoxy) is 1. The van der Waals surface area contributed by atoms with Gasteiger partial charge in [0.2, 0.25) is 0 Å². The highest BCUT2D eigenvalue weighted by atomic mass is 79.9. The second kappa shape index (κ2) is 9.25. The lowest BCUT2D eigenvalue weighted by atomic mass is 9.93. The molecular formula is C21H16Br2Cl2N2O2S. The van der Waals surface area contributed by atoms with Crippen molar-refractivity contribution in [1.82, 2.24) is 4.90 Å². The molecule has 2 atom stereocenters. The van der Waals surface area contributed by atoms with Crippen LogP contribution in [-0.2, 0) is 9.53 Å². The fraction of sp³-hybridized carbons (Fsp3) is 0.238. The van der Waals surface area contributed by atoms with Crippen LogP contribution < -0.4 is 0 Å². The summed E-state index contributed by atoms with van der Waals surface area (Å²) in [5, 5.41) is 2.10. The normalized spacial score (nSPS) is 20.6. The van der Waals surface area contributed by atoms with Crippen LogP contribution in [0.1, 0.15) is 30.1 Å². The molecule has 4 nitrogen and oxygen atoms in total. The number of benzene rings is 2. The van der Waals surface area contributed by atoms with Crippen molar-refractivity contribution in [2.45, 2.75) is 22.7 Å². The molecule has 0 N–H and O–H groups in total. The average Bonchev–Trinajstić information content (AvgIpc) is 3.26. The standard InChI is InChI=1S/C21H16Br2Cl2N2O2S/c1-2-29-20(28)18-17(19(22)23)27-16(12-5-9-14(25)10-6-12)15(26-21(27)30-18)11-3-7-13(24)8-4-11/h3-10,15-16,19H,2H2,1H3/t15-,16+/m0/s1. The topological polar surface area (TPSA) is 41.9 Å². The van der Waals surface area contributed by atoms with Crippen LogP contribution in [0.4, 0.5) is 0 Å². The van der Waals surface area contributed by atoms with Gasteiger partial charge in [-0.1, -0.05) is 79.3 Å². The first-order valence-electron chi connectivity index (χ1n) is 9.16. The van der Waals surface area contributed by atoms with Crippen molar-refractivity contribution in [1.29, 1.82) is 0 Å². The van der Waals surface area contributed by atoms with Gasteiger partial charge in [-0.05, 0) is 54.1 Å². The maximum absolute atomic E-state index is 12.6. The predicted molar refractivity (Wildman–Crippen MR) is 131 cm³/mol. The Kier molecular flexibility index (Phi) is 6.85. The number of carbonyl (C=O) groups is 1. The van der Waals surface area contributed by atoms with E-state index in [-0.39, 0.29) is 21.8 Å². The Morgan fingerprint density at radius 2 is 1.67 bits per heavy atom. The van der Waals surface area contributed by atoms with Gasteiger partial charge in [0.25, 0.3) is 0 Å². The van der Waals surface area contributed by atoms with Gasteiger partial charge in [-0.2, -0.15) is 0 Å². The molecular weight excluding hydrogens is 575 g/mol. The molecule has 2 aromatic carbocycles. The van der Waals surface area contributed by atoms with Crippen molar-refractivity contribution in [3.63, 3.8) is 0 Å². The summed E-state index contributed by atoms with van der Waals surface area (Å²) in [5.41, 5.74) is 2.87. The van der Waals surface area contributed by atoms with Crippen LogP contribution in [0.3, 0.4) is 0 Å². The van der Waals surface area contributed by atoms with Gasteiger partial charge in [0, 0.05) is 10.0 Å². The number of hydrogen-bond acceptors (Lipinski definition) is 5. The molecule has 2 aliphatic heterocycles. The molecule has 4 rings (SSSR count). The van der Waals surface area contributed by atoms with Crippen LogP contribution in [0.25, 0.3) is 0 Å². The molecule has 2 aromatic rings. The fourth-order valence-corrected chi connectivity index (χ4v) is 6.12. The molecule has 2 heterocycles. The molecule has 9 heteroatoms. The molecule has 156 valence electrons. The summed E-state index contributed by atoms with van der Waals surface area (Å²) in [6, 6.07) is 15.1. The molecule has 0 spiro atoms. The van der Waals surface area contributed by atoms with E-state index in [0.717, 1.165) is 22.0 Å². The van der Waals surface area contributed by atoms with Crippen molar-refractivity contribution < 1.29 is 9.53 Å². The maximum atomic E-state index is 12.6. The van der Waals surface area contributed by atoms with Gasteiger partial charge >= 0.3 is 5.97 Å². The Morgan fingerprint density at radius 1 is 1.10 bits per heavy atom. The Morgan fingerprint density at radius 3 is 2.20 bits per heavy atom. The minimum atomic E-state index is -0.351. The lowest BCUT2D eigenvalue weighted by molar-refractivity contribution is -0.137. The second-order valence-corrected chi connectivity index (χ2v) is 11.5. The van der Waals surface area contributed by atoms with Crippen LogP contribution in [0.15, 0.2) is 64.1 Å². The van der Waals surface area contributed by atoms with Crippen molar-refractivity contribution in [3.05, 3.63) is 80.3 Å². The number of thioether (sulfide) groups is 1. The van der Waals surface area contributed by atoms with E-state index in [9.17, 15) is 4.79 Å². The molecule has 0 aromatic heterocycles. The van der Waals surface area contributed by atoms with Gasteiger partial charge in [0.15, 0.2) is 5.17 Å². The van der Waals surface area contributed by atoms with Gasteiger partial charge < -0.3 is 9.64 Å². The summed E-state index contributed by atoms with van der Waals surface area (Å²) >= 11 is 20.8. The highest BCUT2D eigenvalue weighted by molar-refractivity contribution is 9.24. The van der Waals surface area contributed by atoms with E-state index < -0.39 is 0 Å².